The summed E-state index contributed by atoms with van der Waals surface area (Å²) in [4.78, 5) is 26.9. The van der Waals surface area contributed by atoms with Crippen LogP contribution in [0.1, 0.15) is 37.8 Å². The van der Waals surface area contributed by atoms with E-state index in [9.17, 15) is 9.59 Å². The molecule has 1 aliphatic rings. The Morgan fingerprint density at radius 1 is 1.14 bits per heavy atom. The smallest absolute Gasteiger partial charge is 0.241 e. The van der Waals surface area contributed by atoms with Gasteiger partial charge in [0, 0.05) is 17.9 Å². The van der Waals surface area contributed by atoms with Gasteiger partial charge in [0.15, 0.2) is 0 Å². The molecule has 6 heteroatoms. The summed E-state index contributed by atoms with van der Waals surface area (Å²) in [5, 5.41) is 2.85. The molecule has 2 unspecified atom stereocenters. The predicted molar refractivity (Wildman–Crippen MR) is 121 cm³/mol. The third kappa shape index (κ3) is 5.58. The monoisotopic (exact) mass is 415 g/mol. The van der Waals surface area contributed by atoms with Crippen LogP contribution in [0.15, 0.2) is 48.5 Å². The predicted octanol–water partition coefficient (Wildman–Crippen LogP) is 3.94. The van der Waals surface area contributed by atoms with Gasteiger partial charge in [-0.05, 0) is 48.1 Å². The normalized spacial score (nSPS) is 14.9. The number of hydrogen-bond acceptors (Lipinski definition) is 3. The number of aryl methyl sites for hydroxylation is 1. The molecule has 5 nitrogen and oxygen atoms in total. The number of nitrogens with zero attached hydrogens (tertiary/aromatic N) is 1. The molecule has 1 aliphatic heterocycles. The molecule has 2 atom stereocenters. The zero-order valence-electron chi connectivity index (χ0n) is 17.1. The van der Waals surface area contributed by atoms with Crippen LogP contribution in [0.4, 0.5) is 11.4 Å². The average molecular weight is 416 g/mol. The van der Waals surface area contributed by atoms with Gasteiger partial charge < -0.3 is 16.0 Å². The van der Waals surface area contributed by atoms with E-state index in [1.807, 2.05) is 61.2 Å². The summed E-state index contributed by atoms with van der Waals surface area (Å²) in [5.41, 5.74) is 9.86. The van der Waals surface area contributed by atoms with Crippen molar-refractivity contribution in [1.29, 1.82) is 0 Å². The molecule has 2 amide bonds. The first-order valence-electron chi connectivity index (χ1n) is 10.0. The van der Waals surface area contributed by atoms with Gasteiger partial charge in [0.25, 0.3) is 0 Å². The van der Waals surface area contributed by atoms with Crippen LogP contribution in [-0.2, 0) is 22.4 Å². The van der Waals surface area contributed by atoms with E-state index < -0.39 is 6.04 Å². The van der Waals surface area contributed by atoms with Gasteiger partial charge in [-0.2, -0.15) is 0 Å². The summed E-state index contributed by atoms with van der Waals surface area (Å²) in [7, 11) is 0. The van der Waals surface area contributed by atoms with E-state index in [4.69, 9.17) is 5.73 Å². The highest BCUT2D eigenvalue weighted by atomic mass is 35.5. The number of rotatable bonds is 6. The van der Waals surface area contributed by atoms with Crippen molar-refractivity contribution in [1.82, 2.24) is 0 Å². The molecule has 0 aromatic heterocycles. The Kier molecular flexibility index (Phi) is 8.23. The molecular formula is C23H30ClN3O2. The number of benzene rings is 2. The molecular weight excluding hydrogens is 386 g/mol. The molecule has 156 valence electrons. The standard InChI is InChI=1S/C23H29N3O2.ClH/c1-3-16(2)22(24)23(28)25-19-12-10-17(11-13-19)15-21(27)26-14-6-8-18-7-4-5-9-20(18)26;/h4-5,7,9-13,16,22H,3,6,8,14-15,24H2,1-2H3,(H,25,28);1H. The van der Waals surface area contributed by atoms with Crippen molar-refractivity contribution in [3.8, 4) is 0 Å². The van der Waals surface area contributed by atoms with Crippen molar-refractivity contribution in [3.05, 3.63) is 59.7 Å². The molecule has 0 bridgehead atoms. The Balaban J connectivity index is 0.00000300. The molecule has 0 radical (unpaired) electrons. The molecule has 3 rings (SSSR count). The van der Waals surface area contributed by atoms with Crippen LogP contribution in [0.25, 0.3) is 0 Å². The molecule has 29 heavy (non-hydrogen) atoms. The molecule has 0 saturated heterocycles. The van der Waals surface area contributed by atoms with E-state index >= 15 is 0 Å². The van der Waals surface area contributed by atoms with Gasteiger partial charge in [0.1, 0.15) is 0 Å². The highest BCUT2D eigenvalue weighted by Gasteiger charge is 2.22. The van der Waals surface area contributed by atoms with Crippen LogP contribution in [0.5, 0.6) is 0 Å². The number of anilines is 2. The lowest BCUT2D eigenvalue weighted by molar-refractivity contribution is -0.119. The minimum atomic E-state index is -0.523. The fraction of sp³-hybridized carbons (Fsp3) is 0.391. The lowest BCUT2D eigenvalue weighted by Crippen LogP contribution is -2.40. The second-order valence-corrected chi connectivity index (χ2v) is 7.55. The molecule has 2 aromatic carbocycles. The van der Waals surface area contributed by atoms with E-state index in [1.54, 1.807) is 0 Å². The zero-order valence-corrected chi connectivity index (χ0v) is 17.9. The molecule has 0 spiro atoms. The van der Waals surface area contributed by atoms with E-state index in [-0.39, 0.29) is 30.1 Å². The van der Waals surface area contributed by atoms with Crippen molar-refractivity contribution in [3.63, 3.8) is 0 Å². The van der Waals surface area contributed by atoms with Crippen LogP contribution >= 0.6 is 12.4 Å². The zero-order chi connectivity index (χ0) is 20.1. The van der Waals surface area contributed by atoms with Gasteiger partial charge in [-0.1, -0.05) is 50.6 Å². The highest BCUT2D eigenvalue weighted by Crippen LogP contribution is 2.27. The van der Waals surface area contributed by atoms with Crippen molar-refractivity contribution in [2.75, 3.05) is 16.8 Å². The summed E-state index contributed by atoms with van der Waals surface area (Å²) >= 11 is 0. The molecule has 2 aromatic rings. The fourth-order valence-corrected chi connectivity index (χ4v) is 3.51. The quantitative estimate of drug-likeness (QED) is 0.750. The second kappa shape index (κ2) is 10.4. The van der Waals surface area contributed by atoms with Gasteiger partial charge in [0.2, 0.25) is 11.8 Å². The lowest BCUT2D eigenvalue weighted by atomic mass is 9.99. The van der Waals surface area contributed by atoms with Gasteiger partial charge in [-0.3, -0.25) is 9.59 Å². The number of halogens is 1. The Hall–Kier alpha value is -2.37. The third-order valence-electron chi connectivity index (χ3n) is 5.55. The Morgan fingerprint density at radius 3 is 2.52 bits per heavy atom. The number of fused-ring (bicyclic) bond motifs is 1. The molecule has 0 fully saturated rings. The summed E-state index contributed by atoms with van der Waals surface area (Å²) in [5.74, 6) is 0.0511. The molecule has 3 N–H and O–H groups in total. The largest absolute Gasteiger partial charge is 0.325 e. The minimum absolute atomic E-state index is 0. The first-order valence-corrected chi connectivity index (χ1v) is 10.0. The Labute approximate surface area is 179 Å². The molecule has 0 aliphatic carbocycles. The first kappa shape index (κ1) is 22.9. The highest BCUT2D eigenvalue weighted by molar-refractivity contribution is 5.96. The van der Waals surface area contributed by atoms with Crippen molar-refractivity contribution >= 4 is 35.6 Å². The van der Waals surface area contributed by atoms with Crippen LogP contribution in [-0.4, -0.2) is 24.4 Å². The first-order chi connectivity index (χ1) is 13.5. The maximum Gasteiger partial charge on any atom is 0.241 e. The minimum Gasteiger partial charge on any atom is -0.325 e. The summed E-state index contributed by atoms with van der Waals surface area (Å²) in [6.07, 6.45) is 3.21. The second-order valence-electron chi connectivity index (χ2n) is 7.55. The van der Waals surface area contributed by atoms with Crippen LogP contribution in [0.2, 0.25) is 0 Å². The number of carbonyl (C=O) groups is 2. The van der Waals surface area contributed by atoms with Crippen molar-refractivity contribution < 1.29 is 9.59 Å². The van der Waals surface area contributed by atoms with Gasteiger partial charge >= 0.3 is 0 Å². The topological polar surface area (TPSA) is 75.4 Å². The summed E-state index contributed by atoms with van der Waals surface area (Å²) in [6.45, 7) is 4.75. The van der Waals surface area contributed by atoms with Gasteiger partial charge in [-0.15, -0.1) is 12.4 Å². The molecule has 1 heterocycles. The maximum atomic E-state index is 12.8. The van der Waals surface area contributed by atoms with Gasteiger partial charge in [-0.25, -0.2) is 0 Å². The SMILES string of the molecule is CCC(C)C(N)C(=O)Nc1ccc(CC(=O)N2CCCc3ccccc32)cc1.Cl. The maximum absolute atomic E-state index is 12.8. The summed E-state index contributed by atoms with van der Waals surface area (Å²) < 4.78 is 0. The number of nitrogens with two attached hydrogens (primary N) is 1. The van der Waals surface area contributed by atoms with Crippen molar-refractivity contribution in [2.24, 2.45) is 11.7 Å². The van der Waals surface area contributed by atoms with Gasteiger partial charge in [0.05, 0.1) is 12.5 Å². The lowest BCUT2D eigenvalue weighted by Gasteiger charge is -2.29. The van der Waals surface area contributed by atoms with E-state index in [1.165, 1.54) is 5.56 Å². The van der Waals surface area contributed by atoms with Crippen molar-refractivity contribution in [2.45, 2.75) is 45.6 Å². The number of amides is 2. The number of nitrogens with one attached hydrogen (secondary N) is 1. The third-order valence-corrected chi connectivity index (χ3v) is 5.55. The Morgan fingerprint density at radius 2 is 1.83 bits per heavy atom. The van der Waals surface area contributed by atoms with E-state index in [0.717, 1.165) is 37.1 Å². The van der Waals surface area contributed by atoms with E-state index in [2.05, 4.69) is 11.4 Å². The van der Waals surface area contributed by atoms with Crippen LogP contribution in [0.3, 0.4) is 0 Å². The molecule has 0 saturated carbocycles. The average Bonchev–Trinajstić information content (AvgIpc) is 2.73. The van der Waals surface area contributed by atoms with Crippen LogP contribution < -0.4 is 16.0 Å². The van der Waals surface area contributed by atoms with E-state index in [0.29, 0.717) is 12.1 Å². The Bertz CT molecular complexity index is 838. The summed E-state index contributed by atoms with van der Waals surface area (Å²) in [6, 6.07) is 15.0. The fourth-order valence-electron chi connectivity index (χ4n) is 3.51. The number of hydrogen-bond donors (Lipinski definition) is 2. The number of para-hydroxylation sites is 1. The van der Waals surface area contributed by atoms with Crippen LogP contribution in [0, 0.1) is 5.92 Å². The number of carbonyl (C=O) groups excluding carboxylic acids is 2.